The summed E-state index contributed by atoms with van der Waals surface area (Å²) in [6.07, 6.45) is 3.05. The van der Waals surface area contributed by atoms with Crippen LogP contribution in [0.1, 0.15) is 13.0 Å². The number of aromatic nitrogens is 2. The van der Waals surface area contributed by atoms with Gasteiger partial charge >= 0.3 is 0 Å². The van der Waals surface area contributed by atoms with E-state index < -0.39 is 6.04 Å². The molecule has 0 radical (unpaired) electrons. The molecule has 0 aliphatic rings. The molecule has 94 valence electrons. The van der Waals surface area contributed by atoms with Crippen LogP contribution >= 0.6 is 11.6 Å². The molecule has 0 aliphatic carbocycles. The minimum absolute atomic E-state index is 0.0996. The predicted molar refractivity (Wildman–Crippen MR) is 68.7 cm³/mol. The number of halogens is 1. The van der Waals surface area contributed by atoms with Gasteiger partial charge in [-0.3, -0.25) is 9.48 Å². The Labute approximate surface area is 109 Å². The third kappa shape index (κ3) is 2.81. The molecule has 0 fully saturated rings. The molecule has 0 saturated carbocycles. The molecule has 1 heterocycles. The smallest absolute Gasteiger partial charge is 0.248 e. The number of amides is 1. The topological polar surface area (TPSA) is 67.2 Å². The lowest BCUT2D eigenvalue weighted by Gasteiger charge is -2.12. The van der Waals surface area contributed by atoms with E-state index in [1.807, 2.05) is 0 Å². The van der Waals surface area contributed by atoms with E-state index in [9.17, 15) is 9.90 Å². The zero-order valence-corrected chi connectivity index (χ0v) is 10.4. The minimum atomic E-state index is -0.486. The molecule has 2 aromatic rings. The van der Waals surface area contributed by atoms with E-state index in [-0.39, 0.29) is 11.7 Å². The summed E-state index contributed by atoms with van der Waals surface area (Å²) in [4.78, 5) is 11.9. The standard InChI is InChI=1S/C12H12ClN3O2/c1-8(16-7-9(13)6-14-16)12(18)15-10-3-2-4-11(17)5-10/h2-8,17H,1H3,(H,15,18). The molecule has 1 amide bonds. The number of nitrogens with zero attached hydrogens (tertiary/aromatic N) is 2. The third-order valence-electron chi connectivity index (χ3n) is 2.46. The molecule has 2 rings (SSSR count). The number of phenolic OH excluding ortho intramolecular Hbond substituents is 1. The van der Waals surface area contributed by atoms with Gasteiger partial charge in [-0.15, -0.1) is 0 Å². The summed E-state index contributed by atoms with van der Waals surface area (Å²) in [6, 6.07) is 5.87. The van der Waals surface area contributed by atoms with Crippen molar-refractivity contribution in [3.8, 4) is 5.75 Å². The fourth-order valence-corrected chi connectivity index (χ4v) is 1.62. The van der Waals surface area contributed by atoms with Gasteiger partial charge in [0.1, 0.15) is 11.8 Å². The predicted octanol–water partition coefficient (Wildman–Crippen LogP) is 2.44. The highest BCUT2D eigenvalue weighted by Crippen LogP contribution is 2.17. The number of nitrogens with one attached hydrogen (secondary N) is 1. The lowest BCUT2D eigenvalue weighted by atomic mass is 10.2. The monoisotopic (exact) mass is 265 g/mol. The first-order chi connectivity index (χ1) is 8.56. The molecular weight excluding hydrogens is 254 g/mol. The molecule has 0 saturated heterocycles. The molecule has 18 heavy (non-hydrogen) atoms. The number of carbonyl (C=O) groups excluding carboxylic acids is 1. The van der Waals surface area contributed by atoms with E-state index >= 15 is 0 Å². The Morgan fingerprint density at radius 3 is 2.94 bits per heavy atom. The summed E-state index contributed by atoms with van der Waals surface area (Å²) < 4.78 is 1.47. The highest BCUT2D eigenvalue weighted by atomic mass is 35.5. The molecule has 1 unspecified atom stereocenters. The zero-order valence-electron chi connectivity index (χ0n) is 9.67. The van der Waals surface area contributed by atoms with Crippen molar-refractivity contribution in [3.05, 3.63) is 41.7 Å². The van der Waals surface area contributed by atoms with Gasteiger partial charge in [-0.25, -0.2) is 0 Å². The van der Waals surface area contributed by atoms with Gasteiger partial charge in [-0.05, 0) is 19.1 Å². The molecule has 6 heteroatoms. The van der Waals surface area contributed by atoms with E-state index in [1.165, 1.54) is 23.0 Å². The second-order valence-electron chi connectivity index (χ2n) is 3.85. The van der Waals surface area contributed by atoms with Gasteiger partial charge in [0, 0.05) is 18.0 Å². The molecule has 2 N–H and O–H groups in total. The van der Waals surface area contributed by atoms with Gasteiger partial charge in [0.05, 0.1) is 11.2 Å². The van der Waals surface area contributed by atoms with E-state index in [1.54, 1.807) is 25.3 Å². The van der Waals surface area contributed by atoms with Gasteiger partial charge in [0.15, 0.2) is 0 Å². The Bertz CT molecular complexity index is 568. The molecule has 0 bridgehead atoms. The summed E-state index contributed by atoms with van der Waals surface area (Å²) in [7, 11) is 0. The largest absolute Gasteiger partial charge is 0.508 e. The lowest BCUT2D eigenvalue weighted by Crippen LogP contribution is -2.23. The molecule has 1 aromatic carbocycles. The van der Waals surface area contributed by atoms with Crippen LogP contribution < -0.4 is 5.32 Å². The van der Waals surface area contributed by atoms with Gasteiger partial charge in [-0.1, -0.05) is 17.7 Å². The zero-order chi connectivity index (χ0) is 13.1. The molecule has 0 aliphatic heterocycles. The fraction of sp³-hybridized carbons (Fsp3) is 0.167. The summed E-state index contributed by atoms with van der Waals surface area (Å²) in [6.45, 7) is 1.71. The number of benzene rings is 1. The maximum atomic E-state index is 11.9. The Balaban J connectivity index is 2.08. The quantitative estimate of drug-likeness (QED) is 0.896. The van der Waals surface area contributed by atoms with Crippen LogP contribution in [0.15, 0.2) is 36.7 Å². The van der Waals surface area contributed by atoms with Gasteiger partial charge < -0.3 is 10.4 Å². The van der Waals surface area contributed by atoms with Crippen LogP contribution in [0.4, 0.5) is 5.69 Å². The second-order valence-corrected chi connectivity index (χ2v) is 4.29. The van der Waals surface area contributed by atoms with Gasteiger partial charge in [0.25, 0.3) is 0 Å². The first kappa shape index (κ1) is 12.4. The highest BCUT2D eigenvalue weighted by molar-refractivity contribution is 6.30. The van der Waals surface area contributed by atoms with Crippen LogP contribution in [0, 0.1) is 0 Å². The van der Waals surface area contributed by atoms with Crippen LogP contribution in [-0.2, 0) is 4.79 Å². The first-order valence-electron chi connectivity index (χ1n) is 5.36. The number of hydrogen-bond acceptors (Lipinski definition) is 3. The van der Waals surface area contributed by atoms with Crippen molar-refractivity contribution < 1.29 is 9.90 Å². The van der Waals surface area contributed by atoms with Gasteiger partial charge in [-0.2, -0.15) is 5.10 Å². The average Bonchev–Trinajstić information content (AvgIpc) is 2.75. The van der Waals surface area contributed by atoms with E-state index in [0.29, 0.717) is 10.7 Å². The summed E-state index contributed by atoms with van der Waals surface area (Å²) in [5.74, 6) is -0.136. The number of aromatic hydroxyl groups is 1. The van der Waals surface area contributed by atoms with Crippen molar-refractivity contribution in [1.82, 2.24) is 9.78 Å². The number of hydrogen-bond donors (Lipinski definition) is 2. The van der Waals surface area contributed by atoms with Crippen LogP contribution in [0.3, 0.4) is 0 Å². The van der Waals surface area contributed by atoms with Crippen molar-refractivity contribution >= 4 is 23.2 Å². The van der Waals surface area contributed by atoms with Crippen molar-refractivity contribution in [2.24, 2.45) is 0 Å². The van der Waals surface area contributed by atoms with Crippen LogP contribution in [0.25, 0.3) is 0 Å². The van der Waals surface area contributed by atoms with Crippen LogP contribution in [-0.4, -0.2) is 20.8 Å². The normalized spacial score (nSPS) is 12.1. The maximum absolute atomic E-state index is 11.9. The maximum Gasteiger partial charge on any atom is 0.248 e. The summed E-state index contributed by atoms with van der Waals surface area (Å²) in [5, 5.41) is 16.4. The lowest BCUT2D eigenvalue weighted by molar-refractivity contribution is -0.119. The van der Waals surface area contributed by atoms with Crippen molar-refractivity contribution in [1.29, 1.82) is 0 Å². The number of rotatable bonds is 3. The van der Waals surface area contributed by atoms with Gasteiger partial charge in [0.2, 0.25) is 5.91 Å². The van der Waals surface area contributed by atoms with E-state index in [0.717, 1.165) is 0 Å². The molecule has 1 atom stereocenters. The molecule has 5 nitrogen and oxygen atoms in total. The Morgan fingerprint density at radius 1 is 1.56 bits per heavy atom. The Kier molecular flexibility index (Phi) is 3.53. The van der Waals surface area contributed by atoms with Crippen molar-refractivity contribution in [2.75, 3.05) is 5.32 Å². The SMILES string of the molecule is CC(C(=O)Nc1cccc(O)c1)n1cc(Cl)cn1. The fourth-order valence-electron chi connectivity index (χ4n) is 1.48. The molecule has 0 spiro atoms. The third-order valence-corrected chi connectivity index (χ3v) is 2.66. The van der Waals surface area contributed by atoms with Crippen molar-refractivity contribution in [3.63, 3.8) is 0 Å². The van der Waals surface area contributed by atoms with Crippen molar-refractivity contribution in [2.45, 2.75) is 13.0 Å². The summed E-state index contributed by atoms with van der Waals surface area (Å²) in [5.41, 5.74) is 0.533. The highest BCUT2D eigenvalue weighted by Gasteiger charge is 2.15. The molecule has 1 aromatic heterocycles. The van der Waals surface area contributed by atoms with E-state index in [2.05, 4.69) is 10.4 Å². The number of anilines is 1. The Morgan fingerprint density at radius 2 is 2.33 bits per heavy atom. The van der Waals surface area contributed by atoms with E-state index in [4.69, 9.17) is 11.6 Å². The minimum Gasteiger partial charge on any atom is -0.508 e. The number of carbonyl (C=O) groups is 1. The Hall–Kier alpha value is -2.01. The average molecular weight is 266 g/mol. The molecular formula is C12H12ClN3O2. The van der Waals surface area contributed by atoms with Crippen LogP contribution in [0.2, 0.25) is 5.02 Å². The number of phenols is 1. The summed E-state index contributed by atoms with van der Waals surface area (Å²) >= 11 is 5.74. The van der Waals surface area contributed by atoms with Crippen LogP contribution in [0.5, 0.6) is 5.75 Å². The first-order valence-corrected chi connectivity index (χ1v) is 5.73. The second kappa shape index (κ2) is 5.10.